The van der Waals surface area contributed by atoms with E-state index in [1.54, 1.807) is 23.6 Å². The molecule has 0 spiro atoms. The molecule has 2 rings (SSSR count). The molecule has 0 saturated carbocycles. The highest BCUT2D eigenvalue weighted by Crippen LogP contribution is 2.20. The summed E-state index contributed by atoms with van der Waals surface area (Å²) in [5, 5.41) is 3.93. The Morgan fingerprint density at radius 1 is 1.39 bits per heavy atom. The fraction of sp³-hybridized carbons (Fsp3) is 0.0769. The lowest BCUT2D eigenvalue weighted by Crippen LogP contribution is -2.17. The van der Waals surface area contributed by atoms with Crippen molar-refractivity contribution in [2.75, 3.05) is 0 Å². The number of benzene rings is 1. The summed E-state index contributed by atoms with van der Waals surface area (Å²) in [5.74, 6) is -0.203. The summed E-state index contributed by atoms with van der Waals surface area (Å²) in [5.41, 5.74) is 4.17. The van der Waals surface area contributed by atoms with E-state index in [1.165, 1.54) is 0 Å². The van der Waals surface area contributed by atoms with Gasteiger partial charge in [-0.2, -0.15) is 5.10 Å². The van der Waals surface area contributed by atoms with Gasteiger partial charge in [-0.25, -0.2) is 5.43 Å². The zero-order chi connectivity index (χ0) is 13.0. The predicted molar refractivity (Wildman–Crippen MR) is 78.3 cm³/mol. The monoisotopic (exact) mass is 322 g/mol. The van der Waals surface area contributed by atoms with Gasteiger partial charge in [-0.05, 0) is 47.1 Å². The highest BCUT2D eigenvalue weighted by atomic mass is 79.9. The van der Waals surface area contributed by atoms with Crippen LogP contribution in [0.3, 0.4) is 0 Å². The van der Waals surface area contributed by atoms with Crippen molar-refractivity contribution in [3.63, 3.8) is 0 Å². The minimum Gasteiger partial charge on any atom is -0.267 e. The van der Waals surface area contributed by atoms with Gasteiger partial charge in [-0.15, -0.1) is 11.3 Å². The third-order valence-corrected chi connectivity index (χ3v) is 3.79. The number of halogens is 1. The fourth-order valence-corrected chi connectivity index (χ4v) is 2.70. The molecule has 0 fully saturated rings. The Kier molecular flexibility index (Phi) is 4.28. The van der Waals surface area contributed by atoms with Gasteiger partial charge in [-0.3, -0.25) is 4.79 Å². The second-order valence-corrected chi connectivity index (χ2v) is 6.21. The Bertz CT molecular complexity index is 592. The van der Waals surface area contributed by atoms with Crippen LogP contribution in [0.4, 0.5) is 0 Å². The molecule has 1 aromatic carbocycles. The predicted octanol–water partition coefficient (Wildman–Crippen LogP) is 3.58. The summed E-state index contributed by atoms with van der Waals surface area (Å²) in [6, 6.07) is 11.3. The largest absolute Gasteiger partial charge is 0.271 e. The Balaban J connectivity index is 1.98. The van der Waals surface area contributed by atoms with E-state index in [1.807, 2.05) is 37.3 Å². The van der Waals surface area contributed by atoms with Gasteiger partial charge < -0.3 is 0 Å². The lowest BCUT2D eigenvalue weighted by molar-refractivity contribution is 0.0955. The van der Waals surface area contributed by atoms with Crippen molar-refractivity contribution in [2.45, 2.75) is 6.92 Å². The van der Waals surface area contributed by atoms with Crippen molar-refractivity contribution in [1.29, 1.82) is 0 Å². The fourth-order valence-electron chi connectivity index (χ4n) is 1.40. The molecule has 1 amide bonds. The molecule has 1 aromatic heterocycles. The number of carbonyl (C=O) groups excluding carboxylic acids is 1. The summed E-state index contributed by atoms with van der Waals surface area (Å²) < 4.78 is 1.04. The van der Waals surface area contributed by atoms with Crippen LogP contribution in [0.5, 0.6) is 0 Å². The normalized spacial score (nSPS) is 10.8. The number of aryl methyl sites for hydroxylation is 1. The number of hydrogen-bond acceptors (Lipinski definition) is 3. The Morgan fingerprint density at radius 3 is 2.89 bits per heavy atom. The molecular weight excluding hydrogens is 312 g/mol. The van der Waals surface area contributed by atoms with Crippen molar-refractivity contribution in [2.24, 2.45) is 5.10 Å². The summed E-state index contributed by atoms with van der Waals surface area (Å²) in [6.07, 6.45) is 1.63. The van der Waals surface area contributed by atoms with Crippen LogP contribution in [-0.4, -0.2) is 12.1 Å². The first-order valence-electron chi connectivity index (χ1n) is 5.30. The van der Waals surface area contributed by atoms with E-state index < -0.39 is 0 Å². The molecule has 0 aliphatic heterocycles. The van der Waals surface area contributed by atoms with Crippen molar-refractivity contribution < 1.29 is 4.79 Å². The average Bonchev–Trinajstić information content (AvgIpc) is 2.75. The molecule has 1 N–H and O–H groups in total. The highest BCUT2D eigenvalue weighted by molar-refractivity contribution is 9.11. The van der Waals surface area contributed by atoms with E-state index in [0.717, 1.165) is 14.2 Å². The first kappa shape index (κ1) is 13.0. The number of thiophene rings is 1. The van der Waals surface area contributed by atoms with Crippen LogP contribution in [0.2, 0.25) is 0 Å². The Labute approximate surface area is 118 Å². The molecule has 0 atom stereocenters. The molecule has 0 aliphatic carbocycles. The van der Waals surface area contributed by atoms with Gasteiger partial charge in [0.1, 0.15) is 0 Å². The second kappa shape index (κ2) is 5.93. The molecule has 3 nitrogen and oxygen atoms in total. The first-order chi connectivity index (χ1) is 8.65. The van der Waals surface area contributed by atoms with Crippen molar-refractivity contribution in [3.05, 3.63) is 56.2 Å². The molecule has 92 valence electrons. The maximum Gasteiger partial charge on any atom is 0.271 e. The maximum absolute atomic E-state index is 11.8. The standard InChI is InChI=1S/C13H11BrN2OS/c1-9-3-2-4-10(7-9)13(17)16-15-8-11-5-6-12(14)18-11/h2-8H,1H3,(H,16,17). The van der Waals surface area contributed by atoms with Crippen LogP contribution < -0.4 is 5.43 Å². The quantitative estimate of drug-likeness (QED) is 0.681. The number of hydrazone groups is 1. The van der Waals surface area contributed by atoms with Gasteiger partial charge in [0.2, 0.25) is 0 Å². The van der Waals surface area contributed by atoms with Crippen LogP contribution in [0, 0.1) is 6.92 Å². The summed E-state index contributed by atoms with van der Waals surface area (Å²) in [6.45, 7) is 1.95. The van der Waals surface area contributed by atoms with Gasteiger partial charge in [-0.1, -0.05) is 17.7 Å². The number of carbonyl (C=O) groups is 1. The van der Waals surface area contributed by atoms with E-state index >= 15 is 0 Å². The molecule has 1 heterocycles. The van der Waals surface area contributed by atoms with Crippen molar-refractivity contribution in [3.8, 4) is 0 Å². The van der Waals surface area contributed by atoms with E-state index in [-0.39, 0.29) is 5.91 Å². The minimum atomic E-state index is -0.203. The number of rotatable bonds is 3. The smallest absolute Gasteiger partial charge is 0.267 e. The zero-order valence-electron chi connectivity index (χ0n) is 9.68. The average molecular weight is 323 g/mol. The highest BCUT2D eigenvalue weighted by Gasteiger charge is 2.03. The van der Waals surface area contributed by atoms with Gasteiger partial charge >= 0.3 is 0 Å². The van der Waals surface area contributed by atoms with E-state index in [2.05, 4.69) is 26.5 Å². The maximum atomic E-state index is 11.8. The van der Waals surface area contributed by atoms with Gasteiger partial charge in [0.25, 0.3) is 5.91 Å². The van der Waals surface area contributed by atoms with Gasteiger partial charge in [0.05, 0.1) is 10.0 Å². The van der Waals surface area contributed by atoms with Gasteiger partial charge in [0, 0.05) is 10.4 Å². The Morgan fingerprint density at radius 2 is 2.22 bits per heavy atom. The molecule has 5 heteroatoms. The van der Waals surface area contributed by atoms with Crippen LogP contribution in [0.1, 0.15) is 20.8 Å². The molecule has 0 aliphatic rings. The lowest BCUT2D eigenvalue weighted by Gasteiger charge is -2.00. The van der Waals surface area contributed by atoms with E-state index in [4.69, 9.17) is 0 Å². The number of amides is 1. The zero-order valence-corrected chi connectivity index (χ0v) is 12.1. The molecule has 2 aromatic rings. The van der Waals surface area contributed by atoms with Crippen LogP contribution >= 0.6 is 27.3 Å². The number of nitrogens with one attached hydrogen (secondary N) is 1. The van der Waals surface area contributed by atoms with Crippen molar-refractivity contribution >= 4 is 39.4 Å². The molecule has 0 saturated heterocycles. The molecule has 0 radical (unpaired) electrons. The lowest BCUT2D eigenvalue weighted by atomic mass is 10.1. The van der Waals surface area contributed by atoms with E-state index in [9.17, 15) is 4.79 Å². The molecule has 0 unspecified atom stereocenters. The number of hydrogen-bond donors (Lipinski definition) is 1. The van der Waals surface area contributed by atoms with Crippen LogP contribution in [0.25, 0.3) is 0 Å². The number of nitrogens with zero attached hydrogens (tertiary/aromatic N) is 1. The molecule has 0 bridgehead atoms. The van der Waals surface area contributed by atoms with Crippen LogP contribution in [-0.2, 0) is 0 Å². The third kappa shape index (κ3) is 3.51. The van der Waals surface area contributed by atoms with Crippen molar-refractivity contribution in [1.82, 2.24) is 5.43 Å². The summed E-state index contributed by atoms with van der Waals surface area (Å²) >= 11 is 4.92. The summed E-state index contributed by atoms with van der Waals surface area (Å²) in [7, 11) is 0. The molecular formula is C13H11BrN2OS. The molecule has 18 heavy (non-hydrogen) atoms. The van der Waals surface area contributed by atoms with Gasteiger partial charge in [0.15, 0.2) is 0 Å². The minimum absolute atomic E-state index is 0.203. The Hall–Kier alpha value is -1.46. The third-order valence-electron chi connectivity index (χ3n) is 2.23. The second-order valence-electron chi connectivity index (χ2n) is 3.71. The summed E-state index contributed by atoms with van der Waals surface area (Å²) in [4.78, 5) is 12.7. The SMILES string of the molecule is Cc1cccc(C(=O)NN=Cc2ccc(Br)s2)c1. The first-order valence-corrected chi connectivity index (χ1v) is 6.91. The topological polar surface area (TPSA) is 41.5 Å². The van der Waals surface area contributed by atoms with Crippen LogP contribution in [0.15, 0.2) is 45.3 Å². The van der Waals surface area contributed by atoms with E-state index in [0.29, 0.717) is 5.56 Å².